The highest BCUT2D eigenvalue weighted by atomic mass is 16.7. The van der Waals surface area contributed by atoms with E-state index in [4.69, 9.17) is 14.2 Å². The summed E-state index contributed by atoms with van der Waals surface area (Å²) >= 11 is 0. The number of hydrogen-bond acceptors (Lipinski definition) is 5. The summed E-state index contributed by atoms with van der Waals surface area (Å²) in [5, 5.41) is 2.95. The minimum Gasteiger partial charge on any atom is -0.454 e. The monoisotopic (exact) mass is 369 g/mol. The van der Waals surface area contributed by atoms with Crippen molar-refractivity contribution in [3.05, 3.63) is 59.7 Å². The van der Waals surface area contributed by atoms with Crippen molar-refractivity contribution < 1.29 is 23.8 Å². The van der Waals surface area contributed by atoms with Crippen LogP contribution in [0.3, 0.4) is 0 Å². The van der Waals surface area contributed by atoms with E-state index < -0.39 is 5.97 Å². The molecule has 1 atom stereocenters. The molecule has 0 spiro atoms. The molecule has 0 bridgehead atoms. The van der Waals surface area contributed by atoms with Crippen molar-refractivity contribution in [3.63, 3.8) is 0 Å². The first-order valence-corrected chi connectivity index (χ1v) is 8.94. The first-order chi connectivity index (χ1) is 13.0. The molecule has 6 nitrogen and oxygen atoms in total. The van der Waals surface area contributed by atoms with Gasteiger partial charge in [0.2, 0.25) is 6.79 Å². The molecule has 6 heteroatoms. The van der Waals surface area contributed by atoms with Crippen LogP contribution in [-0.2, 0) is 9.53 Å². The molecule has 142 valence electrons. The third-order valence-corrected chi connectivity index (χ3v) is 4.19. The summed E-state index contributed by atoms with van der Waals surface area (Å²) in [5.41, 5.74) is 1.34. The lowest BCUT2D eigenvalue weighted by Crippen LogP contribution is -2.33. The fourth-order valence-electron chi connectivity index (χ4n) is 2.91. The standard InChI is InChI=1S/C21H23NO5/c1-14(2)10-17(15-6-4-3-5-7-15)22-20(23)12-25-21(24)16-8-9-18-19(11-16)27-13-26-18/h3-9,11,14,17H,10,12-13H2,1-2H3,(H,22,23)/t17-/m1/s1. The van der Waals surface area contributed by atoms with Crippen LogP contribution in [0.15, 0.2) is 48.5 Å². The van der Waals surface area contributed by atoms with E-state index in [1.54, 1.807) is 18.2 Å². The average Bonchev–Trinajstić information content (AvgIpc) is 3.13. The lowest BCUT2D eigenvalue weighted by atomic mass is 9.97. The molecule has 1 heterocycles. The summed E-state index contributed by atoms with van der Waals surface area (Å²) in [4.78, 5) is 24.5. The van der Waals surface area contributed by atoms with Crippen molar-refractivity contribution in [2.24, 2.45) is 5.92 Å². The van der Waals surface area contributed by atoms with Gasteiger partial charge in [-0.3, -0.25) is 4.79 Å². The van der Waals surface area contributed by atoms with Crippen molar-refractivity contribution in [2.45, 2.75) is 26.3 Å². The first-order valence-electron chi connectivity index (χ1n) is 8.94. The van der Waals surface area contributed by atoms with E-state index >= 15 is 0 Å². The largest absolute Gasteiger partial charge is 0.454 e. The molecule has 1 N–H and O–H groups in total. The number of nitrogens with one attached hydrogen (secondary N) is 1. The molecule has 1 amide bonds. The third-order valence-electron chi connectivity index (χ3n) is 4.19. The van der Waals surface area contributed by atoms with Crippen molar-refractivity contribution in [1.82, 2.24) is 5.32 Å². The molecule has 3 rings (SSSR count). The molecular weight excluding hydrogens is 346 g/mol. The molecule has 27 heavy (non-hydrogen) atoms. The first kappa shape index (κ1) is 18.8. The molecule has 2 aromatic carbocycles. The lowest BCUT2D eigenvalue weighted by Gasteiger charge is -2.21. The zero-order chi connectivity index (χ0) is 19.2. The van der Waals surface area contributed by atoms with Crippen LogP contribution in [0.1, 0.15) is 42.2 Å². The number of fused-ring (bicyclic) bond motifs is 1. The number of amides is 1. The molecule has 0 aliphatic carbocycles. The fraction of sp³-hybridized carbons (Fsp3) is 0.333. The highest BCUT2D eigenvalue weighted by Gasteiger charge is 2.19. The lowest BCUT2D eigenvalue weighted by molar-refractivity contribution is -0.125. The van der Waals surface area contributed by atoms with Gasteiger partial charge < -0.3 is 19.5 Å². The number of hydrogen-bond donors (Lipinski definition) is 1. The summed E-state index contributed by atoms with van der Waals surface area (Å²) in [6, 6.07) is 14.4. The van der Waals surface area contributed by atoms with Crippen LogP contribution in [0.2, 0.25) is 0 Å². The normalized spacial score (nSPS) is 13.3. The third kappa shape index (κ3) is 5.00. The maximum atomic E-state index is 12.3. The van der Waals surface area contributed by atoms with Crippen molar-refractivity contribution in [2.75, 3.05) is 13.4 Å². The van der Waals surface area contributed by atoms with Crippen LogP contribution in [0.5, 0.6) is 11.5 Å². The van der Waals surface area contributed by atoms with E-state index in [1.165, 1.54) is 0 Å². The zero-order valence-corrected chi connectivity index (χ0v) is 15.4. The van der Waals surface area contributed by atoms with Crippen LogP contribution in [0, 0.1) is 5.92 Å². The van der Waals surface area contributed by atoms with E-state index in [0.717, 1.165) is 12.0 Å². The van der Waals surface area contributed by atoms with Gasteiger partial charge in [0.15, 0.2) is 18.1 Å². The predicted octanol–water partition coefficient (Wildman–Crippen LogP) is 3.48. The second-order valence-electron chi connectivity index (χ2n) is 6.80. The van der Waals surface area contributed by atoms with Gasteiger partial charge in [-0.25, -0.2) is 4.79 Å². The van der Waals surface area contributed by atoms with Gasteiger partial charge in [0, 0.05) is 0 Å². The van der Waals surface area contributed by atoms with Crippen LogP contribution in [-0.4, -0.2) is 25.3 Å². The van der Waals surface area contributed by atoms with E-state index in [2.05, 4.69) is 19.2 Å². The maximum absolute atomic E-state index is 12.3. The molecule has 0 saturated carbocycles. The Morgan fingerprint density at radius 3 is 2.56 bits per heavy atom. The van der Waals surface area contributed by atoms with Crippen molar-refractivity contribution >= 4 is 11.9 Å². The number of benzene rings is 2. The summed E-state index contributed by atoms with van der Waals surface area (Å²) in [7, 11) is 0. The zero-order valence-electron chi connectivity index (χ0n) is 15.4. The number of rotatable bonds is 7. The second-order valence-corrected chi connectivity index (χ2v) is 6.80. The minimum atomic E-state index is -0.580. The average molecular weight is 369 g/mol. The quantitative estimate of drug-likeness (QED) is 0.757. The van der Waals surface area contributed by atoms with Crippen LogP contribution in [0.25, 0.3) is 0 Å². The van der Waals surface area contributed by atoms with Gasteiger partial charge in [0.25, 0.3) is 5.91 Å². The molecule has 0 radical (unpaired) electrons. The summed E-state index contributed by atoms with van der Waals surface area (Å²) in [6.45, 7) is 3.99. The van der Waals surface area contributed by atoms with Gasteiger partial charge in [-0.2, -0.15) is 0 Å². The Labute approximate surface area is 158 Å². The van der Waals surface area contributed by atoms with E-state index in [1.807, 2.05) is 30.3 Å². The smallest absolute Gasteiger partial charge is 0.338 e. The Kier molecular flexibility index (Phi) is 5.96. The molecule has 0 saturated heterocycles. The van der Waals surface area contributed by atoms with E-state index in [-0.39, 0.29) is 25.3 Å². The summed E-state index contributed by atoms with van der Waals surface area (Å²) in [6.07, 6.45) is 0.797. The number of esters is 1. The minimum absolute atomic E-state index is 0.122. The number of carbonyl (C=O) groups excluding carboxylic acids is 2. The molecule has 0 unspecified atom stereocenters. The highest BCUT2D eigenvalue weighted by Crippen LogP contribution is 2.32. The van der Waals surface area contributed by atoms with Crippen LogP contribution >= 0.6 is 0 Å². The molecule has 0 fully saturated rings. The van der Waals surface area contributed by atoms with Gasteiger partial charge in [-0.1, -0.05) is 44.2 Å². The Bertz CT molecular complexity index is 803. The number of ether oxygens (including phenoxy) is 3. The number of carbonyl (C=O) groups is 2. The molecular formula is C21H23NO5. The molecule has 0 aromatic heterocycles. The Morgan fingerprint density at radius 1 is 1.07 bits per heavy atom. The van der Waals surface area contributed by atoms with Gasteiger partial charge in [-0.15, -0.1) is 0 Å². The van der Waals surface area contributed by atoms with Crippen LogP contribution < -0.4 is 14.8 Å². The van der Waals surface area contributed by atoms with Gasteiger partial charge >= 0.3 is 5.97 Å². The SMILES string of the molecule is CC(C)C[C@@H](NC(=O)COC(=O)c1ccc2c(c1)OCO2)c1ccccc1. The van der Waals surface area contributed by atoms with Gasteiger partial charge in [0.05, 0.1) is 11.6 Å². The van der Waals surface area contributed by atoms with E-state index in [9.17, 15) is 9.59 Å². The predicted molar refractivity (Wildman–Crippen MR) is 99.6 cm³/mol. The molecule has 2 aromatic rings. The molecule has 1 aliphatic heterocycles. The molecule has 1 aliphatic rings. The van der Waals surface area contributed by atoms with Crippen molar-refractivity contribution in [1.29, 1.82) is 0 Å². The van der Waals surface area contributed by atoms with Gasteiger partial charge in [-0.05, 0) is 36.1 Å². The summed E-state index contributed by atoms with van der Waals surface area (Å²) < 4.78 is 15.6. The van der Waals surface area contributed by atoms with E-state index in [0.29, 0.717) is 23.0 Å². The van der Waals surface area contributed by atoms with Crippen molar-refractivity contribution in [3.8, 4) is 11.5 Å². The van der Waals surface area contributed by atoms with Crippen LogP contribution in [0.4, 0.5) is 0 Å². The second kappa shape index (κ2) is 8.58. The Morgan fingerprint density at radius 2 is 1.81 bits per heavy atom. The highest BCUT2D eigenvalue weighted by molar-refractivity contribution is 5.92. The van der Waals surface area contributed by atoms with Gasteiger partial charge in [0.1, 0.15) is 0 Å². The fourth-order valence-corrected chi connectivity index (χ4v) is 2.91. The maximum Gasteiger partial charge on any atom is 0.338 e. The Hall–Kier alpha value is -3.02. The Balaban J connectivity index is 1.56. The summed E-state index contributed by atoms with van der Waals surface area (Å²) in [5.74, 6) is 0.576. The topological polar surface area (TPSA) is 73.9 Å².